The van der Waals surface area contributed by atoms with E-state index in [1.54, 1.807) is 12.1 Å². The summed E-state index contributed by atoms with van der Waals surface area (Å²) in [7, 11) is 0. The maximum Gasteiger partial charge on any atom is 0.321 e. The van der Waals surface area contributed by atoms with Gasteiger partial charge in [-0.1, -0.05) is 36.0 Å². The van der Waals surface area contributed by atoms with E-state index in [-0.39, 0.29) is 24.0 Å². The van der Waals surface area contributed by atoms with Crippen LogP contribution in [0.25, 0.3) is 11.4 Å². The van der Waals surface area contributed by atoms with Crippen LogP contribution in [0.15, 0.2) is 28.8 Å². The molecule has 2 aliphatic rings. The van der Waals surface area contributed by atoms with E-state index in [1.165, 1.54) is 6.42 Å². The van der Waals surface area contributed by atoms with Gasteiger partial charge in [-0.15, -0.1) is 0 Å². The molecule has 1 atom stereocenters. The second-order valence-corrected chi connectivity index (χ2v) is 9.24. The number of hydrogen-bond acceptors (Lipinski definition) is 7. The van der Waals surface area contributed by atoms with E-state index in [1.807, 2.05) is 19.1 Å². The Morgan fingerprint density at radius 3 is 2.52 bits per heavy atom. The van der Waals surface area contributed by atoms with Crippen molar-refractivity contribution in [2.75, 3.05) is 26.2 Å². The van der Waals surface area contributed by atoms with Crippen LogP contribution < -0.4 is 10.6 Å². The van der Waals surface area contributed by atoms with Crippen LogP contribution >= 0.6 is 11.6 Å². The van der Waals surface area contributed by atoms with E-state index < -0.39 is 0 Å². The van der Waals surface area contributed by atoms with E-state index in [0.717, 1.165) is 57.4 Å². The average molecular weight is 475 g/mol. The van der Waals surface area contributed by atoms with Crippen LogP contribution in [-0.4, -0.2) is 70.1 Å². The number of carbonyl (C=O) groups is 2. The number of rotatable bonds is 6. The third-order valence-electron chi connectivity index (χ3n) is 6.44. The summed E-state index contributed by atoms with van der Waals surface area (Å²) < 4.78 is 5.41. The number of nitrogens with zero attached hydrogens (tertiary/aromatic N) is 4. The Bertz CT molecular complexity index is 936. The van der Waals surface area contributed by atoms with E-state index in [2.05, 4.69) is 30.6 Å². The molecular formula is C23H31ClN6O3. The van der Waals surface area contributed by atoms with Gasteiger partial charge in [-0.2, -0.15) is 4.98 Å². The van der Waals surface area contributed by atoms with E-state index >= 15 is 0 Å². The summed E-state index contributed by atoms with van der Waals surface area (Å²) in [5.74, 6) is 0.831. The quantitative estimate of drug-likeness (QED) is 0.663. The van der Waals surface area contributed by atoms with Crippen molar-refractivity contribution in [3.63, 3.8) is 0 Å². The molecule has 1 aliphatic heterocycles. The molecule has 178 valence electrons. The van der Waals surface area contributed by atoms with Gasteiger partial charge in [0, 0.05) is 42.8 Å². The lowest BCUT2D eigenvalue weighted by molar-refractivity contribution is -0.125. The fraction of sp³-hybridized carbons (Fsp3) is 0.565. The molecule has 0 bridgehead atoms. The molecule has 1 saturated heterocycles. The number of piperazine rings is 1. The third kappa shape index (κ3) is 6.52. The number of hydrogen-bond donors (Lipinski definition) is 2. The van der Waals surface area contributed by atoms with Gasteiger partial charge in [-0.25, -0.2) is 4.79 Å². The first-order chi connectivity index (χ1) is 16.0. The van der Waals surface area contributed by atoms with Gasteiger partial charge in [0.2, 0.25) is 17.6 Å². The zero-order valence-corrected chi connectivity index (χ0v) is 19.7. The van der Waals surface area contributed by atoms with Crippen molar-refractivity contribution in [1.29, 1.82) is 0 Å². The fourth-order valence-corrected chi connectivity index (χ4v) is 4.51. The van der Waals surface area contributed by atoms with Crippen molar-refractivity contribution < 1.29 is 14.1 Å². The lowest BCUT2D eigenvalue weighted by atomic mass is 9.96. The van der Waals surface area contributed by atoms with Crippen molar-refractivity contribution in [3.05, 3.63) is 35.2 Å². The van der Waals surface area contributed by atoms with Crippen molar-refractivity contribution in [1.82, 2.24) is 30.6 Å². The van der Waals surface area contributed by atoms with Crippen LogP contribution in [0.4, 0.5) is 4.79 Å². The van der Waals surface area contributed by atoms with Crippen molar-refractivity contribution in [3.8, 4) is 11.4 Å². The first-order valence-electron chi connectivity index (χ1n) is 11.6. The summed E-state index contributed by atoms with van der Waals surface area (Å²) in [6.45, 7) is 5.37. The minimum Gasteiger partial charge on any atom is -0.338 e. The van der Waals surface area contributed by atoms with Crippen LogP contribution in [0.2, 0.25) is 5.02 Å². The van der Waals surface area contributed by atoms with Crippen LogP contribution in [0, 0.1) is 0 Å². The summed E-state index contributed by atoms with van der Waals surface area (Å²) in [5.41, 5.74) is 0.853. The van der Waals surface area contributed by atoms with Gasteiger partial charge in [-0.3, -0.25) is 19.9 Å². The molecule has 1 aromatic heterocycles. The summed E-state index contributed by atoms with van der Waals surface area (Å²) in [5, 5.41) is 10.2. The Morgan fingerprint density at radius 2 is 1.82 bits per heavy atom. The highest BCUT2D eigenvalue weighted by molar-refractivity contribution is 6.30. The van der Waals surface area contributed by atoms with Crippen molar-refractivity contribution in [2.24, 2.45) is 0 Å². The van der Waals surface area contributed by atoms with Crippen molar-refractivity contribution >= 4 is 23.5 Å². The standard InChI is InChI=1S/C23H31ClN6O3/c1-16(22(31)27-23(32)25-19-5-3-2-4-6-19)30-13-11-29(12-14-30)15-20-26-21(28-33-20)17-7-9-18(24)10-8-17/h7-10,16,19H,2-6,11-15H2,1H3,(H2,25,27,31,32). The van der Waals surface area contributed by atoms with Gasteiger partial charge in [0.25, 0.3) is 0 Å². The molecular weight excluding hydrogens is 444 g/mol. The van der Waals surface area contributed by atoms with Crippen LogP contribution in [0.1, 0.15) is 44.9 Å². The predicted molar refractivity (Wildman–Crippen MR) is 125 cm³/mol. The van der Waals surface area contributed by atoms with Gasteiger partial charge in [0.05, 0.1) is 12.6 Å². The van der Waals surface area contributed by atoms with Crippen molar-refractivity contribution in [2.45, 2.75) is 57.7 Å². The smallest absolute Gasteiger partial charge is 0.321 e. The monoisotopic (exact) mass is 474 g/mol. The minimum atomic E-state index is -0.384. The summed E-state index contributed by atoms with van der Waals surface area (Å²) >= 11 is 5.93. The maximum absolute atomic E-state index is 12.6. The molecule has 1 saturated carbocycles. The molecule has 1 aromatic carbocycles. The third-order valence-corrected chi connectivity index (χ3v) is 6.69. The minimum absolute atomic E-state index is 0.176. The Labute approximate surface area is 198 Å². The Hall–Kier alpha value is -2.49. The highest BCUT2D eigenvalue weighted by Crippen LogP contribution is 2.20. The number of carbonyl (C=O) groups excluding carboxylic acids is 2. The Balaban J connectivity index is 1.21. The van der Waals surface area contributed by atoms with E-state index in [9.17, 15) is 9.59 Å². The molecule has 4 rings (SSSR count). The van der Waals surface area contributed by atoms with E-state index in [4.69, 9.17) is 16.1 Å². The molecule has 2 aromatic rings. The molecule has 1 aliphatic carbocycles. The van der Waals surface area contributed by atoms with Gasteiger partial charge in [0.1, 0.15) is 0 Å². The number of urea groups is 1. The number of amides is 3. The summed E-state index contributed by atoms with van der Waals surface area (Å²) in [6, 6.07) is 6.73. The van der Waals surface area contributed by atoms with Gasteiger partial charge in [0.15, 0.2) is 0 Å². The van der Waals surface area contributed by atoms with Crippen LogP contribution in [0.3, 0.4) is 0 Å². The molecule has 33 heavy (non-hydrogen) atoms. The molecule has 9 nitrogen and oxygen atoms in total. The first kappa shape index (κ1) is 23.7. The average Bonchev–Trinajstić information content (AvgIpc) is 3.28. The predicted octanol–water partition coefficient (Wildman–Crippen LogP) is 3.05. The second-order valence-electron chi connectivity index (χ2n) is 8.80. The Morgan fingerprint density at radius 1 is 1.12 bits per heavy atom. The molecule has 2 N–H and O–H groups in total. The zero-order valence-electron chi connectivity index (χ0n) is 18.9. The largest absolute Gasteiger partial charge is 0.338 e. The maximum atomic E-state index is 12.6. The lowest BCUT2D eigenvalue weighted by Gasteiger charge is -2.36. The molecule has 0 radical (unpaired) electrons. The topological polar surface area (TPSA) is 104 Å². The number of imide groups is 1. The normalized spacial score (nSPS) is 19.2. The summed E-state index contributed by atoms with van der Waals surface area (Å²) in [4.78, 5) is 33.5. The first-order valence-corrected chi connectivity index (χ1v) is 12.0. The molecule has 1 unspecified atom stereocenters. The lowest BCUT2D eigenvalue weighted by Crippen LogP contribution is -2.55. The van der Waals surface area contributed by atoms with Gasteiger partial charge >= 0.3 is 6.03 Å². The number of aromatic nitrogens is 2. The van der Waals surface area contributed by atoms with Gasteiger partial charge in [-0.05, 0) is 44.0 Å². The van der Waals surface area contributed by atoms with Crippen LogP contribution in [0.5, 0.6) is 0 Å². The van der Waals surface area contributed by atoms with Gasteiger partial charge < -0.3 is 9.84 Å². The zero-order chi connectivity index (χ0) is 23.2. The fourth-order valence-electron chi connectivity index (χ4n) is 4.39. The molecule has 2 heterocycles. The molecule has 0 spiro atoms. The molecule has 3 amide bonds. The second kappa shape index (κ2) is 11.1. The summed E-state index contributed by atoms with van der Waals surface area (Å²) in [6.07, 6.45) is 5.45. The van der Waals surface area contributed by atoms with E-state index in [0.29, 0.717) is 23.3 Å². The number of nitrogens with one attached hydrogen (secondary N) is 2. The number of benzene rings is 1. The molecule has 10 heteroatoms. The highest BCUT2D eigenvalue weighted by Gasteiger charge is 2.28. The SMILES string of the molecule is CC(C(=O)NC(=O)NC1CCCCC1)N1CCN(Cc2nc(-c3ccc(Cl)cc3)no2)CC1. The highest BCUT2D eigenvalue weighted by atomic mass is 35.5. The number of halogens is 1. The van der Waals surface area contributed by atoms with Crippen LogP contribution in [-0.2, 0) is 11.3 Å². The molecule has 2 fully saturated rings. The Kier molecular flexibility index (Phi) is 7.95.